The molecule has 0 spiro atoms. The van der Waals surface area contributed by atoms with E-state index in [1.165, 1.54) is 0 Å². The average molecular weight is 497 g/mol. The molecule has 36 heavy (non-hydrogen) atoms. The SMILES string of the molecule is Cc1ccc(NC(=O)CCN2C(=S)N[C@@H](c3ccccn3)[C@H]2c2cccn2Cc2cccnc2)cc1. The van der Waals surface area contributed by atoms with Gasteiger partial charge in [-0.2, -0.15) is 0 Å². The molecule has 182 valence electrons. The van der Waals surface area contributed by atoms with Crippen LogP contribution in [0.15, 0.2) is 91.5 Å². The Labute approximate surface area is 216 Å². The van der Waals surface area contributed by atoms with Crippen molar-refractivity contribution in [3.05, 3.63) is 114 Å². The van der Waals surface area contributed by atoms with E-state index >= 15 is 0 Å². The lowest BCUT2D eigenvalue weighted by atomic mass is 10.0. The van der Waals surface area contributed by atoms with Crippen LogP contribution >= 0.6 is 12.2 Å². The average Bonchev–Trinajstić information content (AvgIpc) is 3.48. The second kappa shape index (κ2) is 10.7. The molecule has 2 atom stereocenters. The third kappa shape index (κ3) is 5.28. The summed E-state index contributed by atoms with van der Waals surface area (Å²) in [6.07, 6.45) is 7.83. The highest BCUT2D eigenvalue weighted by Gasteiger charge is 2.41. The van der Waals surface area contributed by atoms with Gasteiger partial charge in [-0.1, -0.05) is 29.8 Å². The van der Waals surface area contributed by atoms with Crippen LogP contribution in [0.4, 0.5) is 5.69 Å². The monoisotopic (exact) mass is 496 g/mol. The van der Waals surface area contributed by atoms with E-state index in [0.29, 0.717) is 24.6 Å². The van der Waals surface area contributed by atoms with Crippen molar-refractivity contribution in [2.45, 2.75) is 32.0 Å². The molecule has 0 radical (unpaired) electrons. The van der Waals surface area contributed by atoms with Gasteiger partial charge in [0, 0.05) is 55.7 Å². The zero-order chi connectivity index (χ0) is 24.9. The van der Waals surface area contributed by atoms with Crippen LogP contribution in [0.3, 0.4) is 0 Å². The molecular weight excluding hydrogens is 468 g/mol. The first-order valence-electron chi connectivity index (χ1n) is 12.0. The Hall–Kier alpha value is -4.04. The number of amides is 1. The zero-order valence-corrected chi connectivity index (χ0v) is 20.9. The highest BCUT2D eigenvalue weighted by atomic mass is 32.1. The summed E-state index contributed by atoms with van der Waals surface area (Å²) in [6, 6.07) is 21.6. The summed E-state index contributed by atoms with van der Waals surface area (Å²) in [6.45, 7) is 3.20. The van der Waals surface area contributed by atoms with Gasteiger partial charge in [-0.05, 0) is 67.2 Å². The van der Waals surface area contributed by atoms with Gasteiger partial charge in [0.15, 0.2) is 5.11 Å². The molecule has 0 unspecified atom stereocenters. The quantitative estimate of drug-likeness (QED) is 0.346. The predicted molar refractivity (Wildman–Crippen MR) is 144 cm³/mol. The summed E-state index contributed by atoms with van der Waals surface area (Å²) in [5, 5.41) is 7.08. The minimum atomic E-state index is -0.138. The molecule has 1 aliphatic rings. The topological polar surface area (TPSA) is 75.1 Å². The van der Waals surface area contributed by atoms with Gasteiger partial charge in [0.2, 0.25) is 5.91 Å². The molecule has 0 saturated carbocycles. The molecule has 1 aromatic carbocycles. The van der Waals surface area contributed by atoms with Gasteiger partial charge in [-0.25, -0.2) is 0 Å². The van der Waals surface area contributed by atoms with Crippen molar-refractivity contribution < 1.29 is 4.79 Å². The van der Waals surface area contributed by atoms with E-state index in [9.17, 15) is 4.79 Å². The molecule has 3 aromatic heterocycles. The number of carbonyl (C=O) groups excluding carboxylic acids is 1. The highest BCUT2D eigenvalue weighted by molar-refractivity contribution is 7.80. The highest BCUT2D eigenvalue weighted by Crippen LogP contribution is 2.39. The summed E-state index contributed by atoms with van der Waals surface area (Å²) >= 11 is 5.77. The molecule has 1 saturated heterocycles. The number of hydrogen-bond acceptors (Lipinski definition) is 4. The first kappa shape index (κ1) is 23.7. The fourth-order valence-electron chi connectivity index (χ4n) is 4.58. The van der Waals surface area contributed by atoms with Gasteiger partial charge in [0.05, 0.1) is 17.8 Å². The third-order valence-electron chi connectivity index (χ3n) is 6.36. The summed E-state index contributed by atoms with van der Waals surface area (Å²) in [5.41, 5.74) is 5.06. The zero-order valence-electron chi connectivity index (χ0n) is 20.0. The number of hydrogen-bond donors (Lipinski definition) is 2. The lowest BCUT2D eigenvalue weighted by molar-refractivity contribution is -0.116. The lowest BCUT2D eigenvalue weighted by Crippen LogP contribution is -2.33. The largest absolute Gasteiger partial charge is 0.352 e. The van der Waals surface area contributed by atoms with Crippen LogP contribution in [0.2, 0.25) is 0 Å². The molecule has 7 nitrogen and oxygen atoms in total. The Kier molecular flexibility index (Phi) is 7.04. The van der Waals surface area contributed by atoms with Gasteiger partial charge < -0.3 is 20.1 Å². The van der Waals surface area contributed by atoms with E-state index in [-0.39, 0.29) is 18.0 Å². The van der Waals surface area contributed by atoms with Gasteiger partial charge >= 0.3 is 0 Å². The van der Waals surface area contributed by atoms with Crippen molar-refractivity contribution in [3.63, 3.8) is 0 Å². The number of thiocarbonyl (C=S) groups is 1. The maximum Gasteiger partial charge on any atom is 0.226 e. The molecule has 8 heteroatoms. The van der Waals surface area contributed by atoms with Crippen LogP contribution in [0, 0.1) is 6.92 Å². The molecule has 1 amide bonds. The first-order chi connectivity index (χ1) is 17.6. The van der Waals surface area contributed by atoms with Crippen molar-refractivity contribution in [1.29, 1.82) is 0 Å². The van der Waals surface area contributed by atoms with E-state index in [2.05, 4.69) is 48.4 Å². The fourth-order valence-corrected chi connectivity index (χ4v) is 4.91. The minimum Gasteiger partial charge on any atom is -0.352 e. The number of benzene rings is 1. The maximum atomic E-state index is 12.8. The number of aryl methyl sites for hydroxylation is 1. The Morgan fingerprint density at radius 3 is 2.67 bits per heavy atom. The molecular formula is C28H28N6OS. The van der Waals surface area contributed by atoms with Gasteiger partial charge in [-0.15, -0.1) is 0 Å². The summed E-state index contributed by atoms with van der Waals surface area (Å²) in [7, 11) is 0. The van der Waals surface area contributed by atoms with E-state index in [4.69, 9.17) is 12.2 Å². The van der Waals surface area contributed by atoms with Crippen molar-refractivity contribution in [2.75, 3.05) is 11.9 Å². The molecule has 1 fully saturated rings. The Morgan fingerprint density at radius 2 is 1.92 bits per heavy atom. The lowest BCUT2D eigenvalue weighted by Gasteiger charge is -2.29. The van der Waals surface area contributed by atoms with Crippen LogP contribution in [0.5, 0.6) is 0 Å². The number of anilines is 1. The number of carbonyl (C=O) groups is 1. The fraction of sp³-hybridized carbons (Fsp3) is 0.214. The Bertz CT molecular complexity index is 1320. The first-order valence-corrected chi connectivity index (χ1v) is 12.4. The number of aromatic nitrogens is 3. The molecule has 1 aliphatic heterocycles. The third-order valence-corrected chi connectivity index (χ3v) is 6.71. The van der Waals surface area contributed by atoms with Gasteiger partial charge in [0.1, 0.15) is 0 Å². The summed E-state index contributed by atoms with van der Waals surface area (Å²) in [5.74, 6) is -0.0487. The molecule has 4 heterocycles. The summed E-state index contributed by atoms with van der Waals surface area (Å²) in [4.78, 5) is 23.8. The predicted octanol–water partition coefficient (Wildman–Crippen LogP) is 4.64. The maximum absolute atomic E-state index is 12.8. The minimum absolute atomic E-state index is 0.0487. The number of pyridine rings is 2. The van der Waals surface area contributed by atoms with Crippen LogP contribution in [-0.4, -0.2) is 37.0 Å². The Balaban J connectivity index is 1.39. The van der Waals surface area contributed by atoms with Crippen LogP contribution < -0.4 is 10.6 Å². The van der Waals surface area contributed by atoms with E-state index in [0.717, 1.165) is 28.2 Å². The number of nitrogens with one attached hydrogen (secondary N) is 2. The molecule has 5 rings (SSSR count). The molecule has 0 bridgehead atoms. The van der Waals surface area contributed by atoms with Crippen molar-refractivity contribution in [3.8, 4) is 0 Å². The standard InChI is InChI=1S/C28H28N6OS/c1-20-9-11-22(12-10-20)31-25(35)13-17-34-27(26(32-28(34)36)23-7-2-3-15-30-23)24-8-5-16-33(24)19-21-6-4-14-29-18-21/h2-12,14-16,18,26-27H,13,17,19H2,1H3,(H,31,35)(H,32,36)/t26-,27+/m0/s1. The van der Waals surface area contributed by atoms with E-state index in [1.807, 2.05) is 67.7 Å². The van der Waals surface area contributed by atoms with E-state index < -0.39 is 0 Å². The van der Waals surface area contributed by atoms with Crippen molar-refractivity contribution in [2.24, 2.45) is 0 Å². The normalized spacial score (nSPS) is 17.1. The molecule has 2 N–H and O–H groups in total. The van der Waals surface area contributed by atoms with Crippen LogP contribution in [0.1, 0.15) is 41.0 Å². The smallest absolute Gasteiger partial charge is 0.226 e. The second-order valence-corrected chi connectivity index (χ2v) is 9.29. The molecule has 4 aromatic rings. The van der Waals surface area contributed by atoms with E-state index in [1.54, 1.807) is 12.4 Å². The van der Waals surface area contributed by atoms with Crippen molar-refractivity contribution >= 4 is 28.9 Å². The number of nitrogens with zero attached hydrogens (tertiary/aromatic N) is 4. The van der Waals surface area contributed by atoms with Crippen molar-refractivity contribution in [1.82, 2.24) is 24.8 Å². The van der Waals surface area contributed by atoms with Gasteiger partial charge in [0.25, 0.3) is 0 Å². The number of rotatable bonds is 8. The van der Waals surface area contributed by atoms with Gasteiger partial charge in [-0.3, -0.25) is 14.8 Å². The van der Waals surface area contributed by atoms with Crippen LogP contribution in [0.25, 0.3) is 0 Å². The summed E-state index contributed by atoms with van der Waals surface area (Å²) < 4.78 is 2.21. The Morgan fingerprint density at radius 1 is 1.06 bits per heavy atom. The van der Waals surface area contributed by atoms with Crippen LogP contribution in [-0.2, 0) is 11.3 Å². The second-order valence-electron chi connectivity index (χ2n) is 8.91. The molecule has 0 aliphatic carbocycles.